The first-order valence-electron chi connectivity index (χ1n) is 10.3. The van der Waals surface area contributed by atoms with Crippen LogP contribution in [0.1, 0.15) is 30.0 Å². The summed E-state index contributed by atoms with van der Waals surface area (Å²) in [7, 11) is 0. The van der Waals surface area contributed by atoms with Crippen LogP contribution in [0.15, 0.2) is 48.5 Å². The quantitative estimate of drug-likeness (QED) is 0.855. The number of nitrogens with one attached hydrogen (secondary N) is 1. The Labute approximate surface area is 169 Å². The normalized spacial score (nSPS) is 26.7. The van der Waals surface area contributed by atoms with E-state index in [1.54, 1.807) is 0 Å². The van der Waals surface area contributed by atoms with Crippen LogP contribution in [0.5, 0.6) is 0 Å². The summed E-state index contributed by atoms with van der Waals surface area (Å²) < 4.78 is 39.5. The van der Waals surface area contributed by atoms with Crippen LogP contribution in [0, 0.1) is 17.0 Å². The Morgan fingerprint density at radius 1 is 0.862 bits per heavy atom. The third-order valence-corrected chi connectivity index (χ3v) is 6.82. The van der Waals surface area contributed by atoms with Crippen molar-refractivity contribution in [3.63, 3.8) is 0 Å². The number of hydrogen-bond donors (Lipinski definition) is 1. The van der Waals surface area contributed by atoms with Gasteiger partial charge in [-0.05, 0) is 61.3 Å². The molecule has 0 amide bonds. The third-order valence-electron chi connectivity index (χ3n) is 6.82. The molecule has 3 saturated heterocycles. The van der Waals surface area contributed by atoms with Gasteiger partial charge in [-0.3, -0.25) is 4.90 Å². The molecule has 1 N–H and O–H groups in total. The smallest absolute Gasteiger partial charge is 0.187 e. The summed E-state index contributed by atoms with van der Waals surface area (Å²) in [6.45, 7) is 4.62. The van der Waals surface area contributed by atoms with E-state index in [0.717, 1.165) is 43.6 Å². The molecule has 0 bridgehead atoms. The molecule has 154 valence electrons. The Hall–Kier alpha value is -1.86. The van der Waals surface area contributed by atoms with E-state index >= 15 is 0 Å². The lowest BCUT2D eigenvalue weighted by Gasteiger charge is -2.48. The van der Waals surface area contributed by atoms with Gasteiger partial charge in [-0.15, -0.1) is 0 Å². The molecular formula is C23H26F2N2O2. The monoisotopic (exact) mass is 400 g/mol. The van der Waals surface area contributed by atoms with Gasteiger partial charge in [0, 0.05) is 12.0 Å². The summed E-state index contributed by atoms with van der Waals surface area (Å²) in [5.74, 6) is -1.08. The van der Waals surface area contributed by atoms with Gasteiger partial charge in [0.15, 0.2) is 5.79 Å². The summed E-state index contributed by atoms with van der Waals surface area (Å²) in [6.07, 6.45) is 1.97. The number of ether oxygens (including phenoxy) is 2. The number of piperidine rings is 1. The molecule has 6 heteroatoms. The van der Waals surface area contributed by atoms with Crippen molar-refractivity contribution in [3.8, 4) is 0 Å². The van der Waals surface area contributed by atoms with Crippen LogP contribution < -0.4 is 5.32 Å². The Morgan fingerprint density at radius 3 is 2.03 bits per heavy atom. The van der Waals surface area contributed by atoms with Crippen molar-refractivity contribution in [2.45, 2.75) is 24.7 Å². The molecule has 1 unspecified atom stereocenters. The summed E-state index contributed by atoms with van der Waals surface area (Å²) >= 11 is 0. The van der Waals surface area contributed by atoms with E-state index in [0.29, 0.717) is 19.8 Å². The molecule has 0 saturated carbocycles. The van der Waals surface area contributed by atoms with Crippen molar-refractivity contribution in [2.24, 2.45) is 5.41 Å². The van der Waals surface area contributed by atoms with Gasteiger partial charge in [0.1, 0.15) is 11.6 Å². The van der Waals surface area contributed by atoms with Crippen LogP contribution in [0.25, 0.3) is 0 Å². The van der Waals surface area contributed by atoms with Crippen LogP contribution in [0.4, 0.5) is 8.78 Å². The third kappa shape index (κ3) is 3.28. The van der Waals surface area contributed by atoms with Gasteiger partial charge in [-0.2, -0.15) is 0 Å². The van der Waals surface area contributed by atoms with Crippen LogP contribution in [0.3, 0.4) is 0 Å². The van der Waals surface area contributed by atoms with Gasteiger partial charge in [-0.25, -0.2) is 8.78 Å². The van der Waals surface area contributed by atoms with E-state index in [4.69, 9.17) is 9.47 Å². The number of fused-ring (bicyclic) bond motifs is 1. The molecule has 1 atom stereocenters. The van der Waals surface area contributed by atoms with Gasteiger partial charge in [-0.1, -0.05) is 24.3 Å². The SMILES string of the molecule is Fc1ccc(C(c2ccc(F)cc2)N2CCC3(CCNCC34OCCO4)C2)cc1. The number of hydrogen-bond acceptors (Lipinski definition) is 4. The fourth-order valence-corrected chi connectivity index (χ4v) is 5.37. The first kappa shape index (κ1) is 19.1. The number of benzene rings is 2. The zero-order valence-electron chi connectivity index (χ0n) is 16.4. The Morgan fingerprint density at radius 2 is 1.45 bits per heavy atom. The Balaban J connectivity index is 1.50. The number of rotatable bonds is 3. The highest BCUT2D eigenvalue weighted by atomic mass is 19.1. The fraction of sp³-hybridized carbons (Fsp3) is 0.478. The maximum absolute atomic E-state index is 13.6. The minimum atomic E-state index is -0.573. The maximum atomic E-state index is 13.6. The van der Waals surface area contributed by atoms with Crippen molar-refractivity contribution in [3.05, 3.63) is 71.3 Å². The van der Waals surface area contributed by atoms with Gasteiger partial charge in [0.25, 0.3) is 0 Å². The van der Waals surface area contributed by atoms with Gasteiger partial charge >= 0.3 is 0 Å². The molecule has 3 heterocycles. The minimum absolute atomic E-state index is 0.0658. The lowest BCUT2D eigenvalue weighted by Crippen LogP contribution is -2.61. The molecule has 0 radical (unpaired) electrons. The highest BCUT2D eigenvalue weighted by Crippen LogP contribution is 2.51. The van der Waals surface area contributed by atoms with Crippen molar-refractivity contribution < 1.29 is 18.3 Å². The average molecular weight is 400 g/mol. The molecular weight excluding hydrogens is 374 g/mol. The molecule has 5 rings (SSSR count). The minimum Gasteiger partial charge on any atom is -0.346 e. The summed E-state index contributed by atoms with van der Waals surface area (Å²) in [5, 5.41) is 3.44. The molecule has 3 aliphatic heterocycles. The molecule has 29 heavy (non-hydrogen) atoms. The first-order chi connectivity index (χ1) is 14.1. The zero-order chi connectivity index (χ0) is 19.9. The lowest BCUT2D eigenvalue weighted by atomic mass is 9.73. The molecule has 2 aromatic rings. The van der Waals surface area contributed by atoms with Crippen LogP contribution >= 0.6 is 0 Å². The van der Waals surface area contributed by atoms with Crippen LogP contribution in [-0.2, 0) is 9.47 Å². The van der Waals surface area contributed by atoms with Crippen LogP contribution in [0.2, 0.25) is 0 Å². The molecule has 0 aliphatic carbocycles. The van der Waals surface area contributed by atoms with E-state index in [2.05, 4.69) is 10.2 Å². The fourth-order valence-electron chi connectivity index (χ4n) is 5.37. The standard InChI is InChI=1S/C23H26F2N2O2/c24-19-5-1-17(2-6-19)21(18-3-7-20(25)8-4-18)27-12-10-22(16-27)9-11-26-15-23(22)28-13-14-29-23/h1-8,21,26H,9-16H2. The van der Waals surface area contributed by atoms with Crippen LogP contribution in [-0.4, -0.2) is 50.1 Å². The highest BCUT2D eigenvalue weighted by Gasteiger charge is 2.60. The predicted octanol–water partition coefficient (Wildman–Crippen LogP) is 3.48. The Bertz CT molecular complexity index is 807. The second kappa shape index (κ2) is 7.43. The zero-order valence-corrected chi connectivity index (χ0v) is 16.4. The van der Waals surface area contributed by atoms with Crippen molar-refractivity contribution in [1.82, 2.24) is 10.2 Å². The maximum Gasteiger partial charge on any atom is 0.187 e. The predicted molar refractivity (Wildman–Crippen MR) is 105 cm³/mol. The number of nitrogens with zero attached hydrogens (tertiary/aromatic N) is 1. The molecule has 2 spiro atoms. The number of likely N-dealkylation sites (tertiary alicyclic amines) is 1. The largest absolute Gasteiger partial charge is 0.346 e. The van der Waals surface area contributed by atoms with Gasteiger partial charge in [0.05, 0.1) is 25.8 Å². The second-order valence-corrected chi connectivity index (χ2v) is 8.38. The topological polar surface area (TPSA) is 33.7 Å². The summed E-state index contributed by atoms with van der Waals surface area (Å²) in [6, 6.07) is 13.2. The molecule has 4 nitrogen and oxygen atoms in total. The highest BCUT2D eigenvalue weighted by molar-refractivity contribution is 5.33. The van der Waals surface area contributed by atoms with E-state index in [9.17, 15) is 8.78 Å². The van der Waals surface area contributed by atoms with Crippen molar-refractivity contribution >= 4 is 0 Å². The number of halogens is 2. The summed E-state index contributed by atoms with van der Waals surface area (Å²) in [5.41, 5.74) is 1.94. The van der Waals surface area contributed by atoms with Crippen molar-refractivity contribution in [1.29, 1.82) is 0 Å². The second-order valence-electron chi connectivity index (χ2n) is 8.38. The molecule has 0 aromatic heterocycles. The molecule has 3 fully saturated rings. The lowest BCUT2D eigenvalue weighted by molar-refractivity contribution is -0.243. The molecule has 2 aromatic carbocycles. The molecule has 3 aliphatic rings. The van der Waals surface area contributed by atoms with Gasteiger partial charge in [0.2, 0.25) is 0 Å². The van der Waals surface area contributed by atoms with Crippen molar-refractivity contribution in [2.75, 3.05) is 39.4 Å². The average Bonchev–Trinajstić information content (AvgIpc) is 3.37. The first-order valence-corrected chi connectivity index (χ1v) is 10.3. The van der Waals surface area contributed by atoms with E-state index in [1.807, 2.05) is 24.3 Å². The van der Waals surface area contributed by atoms with E-state index in [-0.39, 0.29) is 23.1 Å². The van der Waals surface area contributed by atoms with Gasteiger partial charge < -0.3 is 14.8 Å². The Kier molecular flexibility index (Phi) is 4.90. The summed E-state index contributed by atoms with van der Waals surface area (Å²) in [4.78, 5) is 2.42. The van der Waals surface area contributed by atoms with E-state index in [1.165, 1.54) is 24.3 Å². The van der Waals surface area contributed by atoms with E-state index < -0.39 is 5.79 Å².